The molecule has 10 nitrogen and oxygen atoms in total. The first-order chi connectivity index (χ1) is 22.3. The molecular formula is C38H60N2O8. The summed E-state index contributed by atoms with van der Waals surface area (Å²) in [6.45, 7) is 18.3. The largest absolute Gasteiger partial charge is 0.457 e. The van der Waals surface area contributed by atoms with Crippen molar-refractivity contribution < 1.29 is 38.4 Å². The molecular weight excluding hydrogens is 612 g/mol. The number of nitrogens with zero attached hydrogens (tertiary/aromatic N) is 1. The third-order valence-corrected chi connectivity index (χ3v) is 15.6. The maximum absolute atomic E-state index is 15.0. The van der Waals surface area contributed by atoms with Crippen LogP contribution in [0.4, 0.5) is 0 Å². The molecule has 10 heteroatoms. The van der Waals surface area contributed by atoms with Gasteiger partial charge in [-0.3, -0.25) is 19.3 Å². The van der Waals surface area contributed by atoms with Crippen LogP contribution in [-0.2, 0) is 33.3 Å². The van der Waals surface area contributed by atoms with Crippen LogP contribution in [0.5, 0.6) is 0 Å². The quantitative estimate of drug-likeness (QED) is 0.381. The second-order valence-corrected chi connectivity index (χ2v) is 18.7. The van der Waals surface area contributed by atoms with Crippen LogP contribution in [0.25, 0.3) is 0 Å². The van der Waals surface area contributed by atoms with E-state index < -0.39 is 35.3 Å². The summed E-state index contributed by atoms with van der Waals surface area (Å²) in [7, 11) is 0. The van der Waals surface area contributed by atoms with Crippen molar-refractivity contribution in [2.75, 3.05) is 26.2 Å². The summed E-state index contributed by atoms with van der Waals surface area (Å²) in [6.07, 6.45) is 5.97. The molecule has 0 aromatic heterocycles. The molecule has 3 N–H and O–H groups in total. The second-order valence-electron chi connectivity index (χ2n) is 18.7. The first-order valence-corrected chi connectivity index (χ1v) is 18.7. The number of primary amides is 1. The van der Waals surface area contributed by atoms with Gasteiger partial charge in [-0.2, -0.15) is 0 Å². The van der Waals surface area contributed by atoms with Crippen LogP contribution >= 0.6 is 0 Å². The SMILES string of the molecule is CC(=O)O[C@@H]([C@H]1C[C@@H](C)[C@H]2[C@H](O1)C(=O)[C@@]1(C)[C@@H]3CC[C@H]4C(C)(C)[C@@H](O[C@H]5CN(CC(N)=O)CCO5)CC[C@@]45C[C@@]35CC[C@]21C)C(C)(C)O. The number of ether oxygens (including phenoxy) is 4. The molecule has 48 heavy (non-hydrogen) atoms. The lowest BCUT2D eigenvalue weighted by Gasteiger charge is -2.62. The molecule has 1 amide bonds. The first-order valence-electron chi connectivity index (χ1n) is 18.7. The smallest absolute Gasteiger partial charge is 0.303 e. The van der Waals surface area contributed by atoms with Gasteiger partial charge in [0.2, 0.25) is 5.91 Å². The van der Waals surface area contributed by atoms with Gasteiger partial charge in [0.25, 0.3) is 0 Å². The van der Waals surface area contributed by atoms with Crippen molar-refractivity contribution in [1.29, 1.82) is 0 Å². The summed E-state index contributed by atoms with van der Waals surface area (Å²) in [5.41, 5.74) is 3.83. The number of nitrogens with two attached hydrogens (primary N) is 1. The maximum atomic E-state index is 15.0. The van der Waals surface area contributed by atoms with Gasteiger partial charge in [0.15, 0.2) is 18.2 Å². The topological polar surface area (TPSA) is 138 Å². The Morgan fingerprint density at radius 1 is 1.08 bits per heavy atom. The summed E-state index contributed by atoms with van der Waals surface area (Å²) in [5.74, 6) is 0.556. The number of fused-ring (bicyclic) bond motifs is 4. The van der Waals surface area contributed by atoms with Gasteiger partial charge in [-0.25, -0.2) is 0 Å². The van der Waals surface area contributed by atoms with E-state index in [1.54, 1.807) is 13.8 Å². The normalized spacial score (nSPS) is 48.6. The maximum Gasteiger partial charge on any atom is 0.303 e. The number of Topliss-reactive ketones (excluding diaryl/α,β-unsaturated/α-hetero) is 1. The van der Waals surface area contributed by atoms with Crippen LogP contribution in [0.15, 0.2) is 0 Å². The van der Waals surface area contributed by atoms with Gasteiger partial charge < -0.3 is 29.8 Å². The number of carbonyl (C=O) groups is 3. The predicted molar refractivity (Wildman–Crippen MR) is 177 cm³/mol. The van der Waals surface area contributed by atoms with E-state index in [1.807, 2.05) is 4.90 Å². The molecule has 2 saturated heterocycles. The van der Waals surface area contributed by atoms with Crippen molar-refractivity contribution in [3.63, 3.8) is 0 Å². The first kappa shape index (κ1) is 34.8. The molecule has 7 aliphatic rings. The second kappa shape index (κ2) is 11.2. The molecule has 0 radical (unpaired) electrons. The number of hydrogen-bond donors (Lipinski definition) is 2. The minimum atomic E-state index is -1.30. The minimum absolute atomic E-state index is 0.0506. The highest BCUT2D eigenvalue weighted by atomic mass is 16.7. The zero-order chi connectivity index (χ0) is 34.8. The van der Waals surface area contributed by atoms with Crippen LogP contribution in [0.2, 0.25) is 0 Å². The molecule has 7 fully saturated rings. The van der Waals surface area contributed by atoms with Crippen molar-refractivity contribution in [3.05, 3.63) is 0 Å². The standard InChI is InChI=1S/C38H60N2O8/c1-21-17-23(32(34(5,6)44)46-22(2)41)47-30-29(21)35(7)13-14-38-20-37(38)12-11-26(48-28-19-40(15-16-45-28)18-27(39)42)33(3,4)24(37)9-10-25(38)36(35,8)31(30)43/h21,23-26,28-30,32,44H,9-20H2,1-8H3,(H2,39,42)/t21-,23-,24+,25+,26+,28+,29+,30+,32+,35-,36-,37-,38+/m1/s1. The number of amides is 1. The van der Waals surface area contributed by atoms with Gasteiger partial charge in [0.05, 0.1) is 37.5 Å². The van der Waals surface area contributed by atoms with E-state index in [9.17, 15) is 19.5 Å². The van der Waals surface area contributed by atoms with E-state index in [4.69, 9.17) is 24.7 Å². The van der Waals surface area contributed by atoms with Crippen LogP contribution in [0.3, 0.4) is 0 Å². The fourth-order valence-corrected chi connectivity index (χ4v) is 13.6. The number of rotatable bonds is 7. The van der Waals surface area contributed by atoms with Crippen LogP contribution in [0.1, 0.15) is 107 Å². The van der Waals surface area contributed by atoms with Gasteiger partial charge in [-0.15, -0.1) is 0 Å². The third-order valence-electron chi connectivity index (χ3n) is 15.6. The van der Waals surface area contributed by atoms with E-state index in [-0.39, 0.29) is 64.1 Å². The summed E-state index contributed by atoms with van der Waals surface area (Å²) in [6, 6.07) is 0. The van der Waals surface area contributed by atoms with E-state index in [1.165, 1.54) is 13.3 Å². The van der Waals surface area contributed by atoms with Crippen LogP contribution < -0.4 is 5.73 Å². The molecule has 2 aliphatic heterocycles. The monoisotopic (exact) mass is 672 g/mol. The van der Waals surface area contributed by atoms with E-state index in [0.717, 1.165) is 38.5 Å². The Balaban J connectivity index is 1.12. The lowest BCUT2D eigenvalue weighted by atomic mass is 9.41. The third kappa shape index (κ3) is 4.77. The molecule has 0 aromatic carbocycles. The summed E-state index contributed by atoms with van der Waals surface area (Å²) >= 11 is 0. The fraction of sp³-hybridized carbons (Fsp3) is 0.921. The van der Waals surface area contributed by atoms with Crippen LogP contribution in [-0.4, -0.2) is 90.2 Å². The zero-order valence-corrected chi connectivity index (χ0v) is 30.5. The number of hydrogen-bond acceptors (Lipinski definition) is 9. The van der Waals surface area contributed by atoms with Crippen molar-refractivity contribution in [2.24, 2.45) is 56.5 Å². The molecule has 0 unspecified atom stereocenters. The lowest BCUT2D eigenvalue weighted by molar-refractivity contribution is -0.246. The number of ketones is 1. The van der Waals surface area contributed by atoms with Gasteiger partial charge in [0, 0.05) is 24.8 Å². The summed E-state index contributed by atoms with van der Waals surface area (Å²) < 4.78 is 25.2. The summed E-state index contributed by atoms with van der Waals surface area (Å²) in [4.78, 5) is 40.6. The number of morpholine rings is 1. The van der Waals surface area contributed by atoms with Gasteiger partial charge >= 0.3 is 5.97 Å². The molecule has 2 spiro atoms. The molecule has 0 bridgehead atoms. The van der Waals surface area contributed by atoms with Crippen LogP contribution in [0, 0.1) is 50.7 Å². The van der Waals surface area contributed by atoms with Crippen molar-refractivity contribution in [3.8, 4) is 0 Å². The van der Waals surface area contributed by atoms with Crippen molar-refractivity contribution in [1.82, 2.24) is 4.90 Å². The minimum Gasteiger partial charge on any atom is -0.457 e. The fourth-order valence-electron chi connectivity index (χ4n) is 13.6. The Labute approximate surface area is 286 Å². The predicted octanol–water partition coefficient (Wildman–Crippen LogP) is 4.24. The Bertz CT molecular complexity index is 1350. The molecule has 5 aliphatic carbocycles. The average molecular weight is 673 g/mol. The highest BCUT2D eigenvalue weighted by Crippen LogP contribution is 2.89. The summed E-state index contributed by atoms with van der Waals surface area (Å²) in [5, 5.41) is 11.0. The number of carbonyl (C=O) groups excluding carboxylic acids is 3. The Kier molecular flexibility index (Phi) is 8.13. The van der Waals surface area contributed by atoms with E-state index in [2.05, 4.69) is 34.6 Å². The van der Waals surface area contributed by atoms with Gasteiger partial charge in [0.1, 0.15) is 6.10 Å². The Hall–Kier alpha value is -1.59. The average Bonchev–Trinajstić information content (AvgIpc) is 3.61. The highest BCUT2D eigenvalue weighted by Gasteiger charge is 2.85. The van der Waals surface area contributed by atoms with Gasteiger partial charge in [-0.1, -0.05) is 34.6 Å². The Morgan fingerprint density at radius 2 is 1.77 bits per heavy atom. The van der Waals surface area contributed by atoms with Crippen molar-refractivity contribution >= 4 is 17.7 Å². The Morgan fingerprint density at radius 3 is 2.44 bits per heavy atom. The van der Waals surface area contributed by atoms with Crippen molar-refractivity contribution in [2.45, 2.75) is 143 Å². The van der Waals surface area contributed by atoms with E-state index >= 15 is 0 Å². The van der Waals surface area contributed by atoms with E-state index in [0.29, 0.717) is 38.0 Å². The zero-order valence-electron chi connectivity index (χ0n) is 30.5. The molecule has 0 aromatic rings. The van der Waals surface area contributed by atoms with Gasteiger partial charge in [-0.05, 0) is 105 Å². The molecule has 13 atom stereocenters. The highest BCUT2D eigenvalue weighted by molar-refractivity contribution is 5.93. The number of esters is 1. The lowest BCUT2D eigenvalue weighted by Crippen LogP contribution is -2.60. The molecule has 5 saturated carbocycles. The molecule has 2 heterocycles. The molecule has 7 rings (SSSR count). The number of aliphatic hydroxyl groups is 1. The molecule has 270 valence electrons.